The molecule has 1 heteroatoms. The Morgan fingerprint density at radius 1 is 1.07 bits per heavy atom. The fourth-order valence-corrected chi connectivity index (χ4v) is 1.48. The molecule has 0 rings (SSSR count). The first kappa shape index (κ1) is 13.7. The number of hydrogen-bond donors (Lipinski definition) is 1. The van der Waals surface area contributed by atoms with Gasteiger partial charge in [-0.2, -0.15) is 0 Å². The Bertz CT molecular complexity index is 138. The van der Waals surface area contributed by atoms with E-state index in [1.165, 1.54) is 38.5 Å². The van der Waals surface area contributed by atoms with Crippen LogP contribution in [0.15, 0.2) is 11.6 Å². The van der Waals surface area contributed by atoms with E-state index >= 15 is 0 Å². The van der Waals surface area contributed by atoms with Gasteiger partial charge in [-0.05, 0) is 45.7 Å². The Balaban J connectivity index is 3.27. The van der Waals surface area contributed by atoms with Crippen LogP contribution in [0.3, 0.4) is 0 Å². The van der Waals surface area contributed by atoms with Gasteiger partial charge in [0.2, 0.25) is 0 Å². The lowest BCUT2D eigenvalue weighted by atomic mass is 10.1. The molecule has 0 heterocycles. The summed E-state index contributed by atoms with van der Waals surface area (Å²) in [6, 6.07) is 0. The zero-order chi connectivity index (χ0) is 10.6. The second-order valence-electron chi connectivity index (χ2n) is 4.05. The van der Waals surface area contributed by atoms with Crippen molar-refractivity contribution in [3.05, 3.63) is 11.6 Å². The normalized spacial score (nSPS) is 12.1. The fraction of sp³-hybridized carbons (Fsp3) is 0.846. The van der Waals surface area contributed by atoms with E-state index in [0.29, 0.717) is 0 Å². The van der Waals surface area contributed by atoms with Gasteiger partial charge in [-0.25, -0.2) is 0 Å². The molecule has 14 heavy (non-hydrogen) atoms. The van der Waals surface area contributed by atoms with Gasteiger partial charge in [-0.1, -0.05) is 38.3 Å². The lowest BCUT2D eigenvalue weighted by molar-refractivity contribution is 0.672. The van der Waals surface area contributed by atoms with Crippen LogP contribution in [0.25, 0.3) is 0 Å². The third kappa shape index (κ3) is 9.79. The molecule has 1 nitrogen and oxygen atoms in total. The Morgan fingerprint density at radius 2 is 1.86 bits per heavy atom. The second kappa shape index (κ2) is 10.8. The zero-order valence-corrected chi connectivity index (χ0v) is 10.2. The van der Waals surface area contributed by atoms with Crippen molar-refractivity contribution in [2.24, 2.45) is 0 Å². The quantitative estimate of drug-likeness (QED) is 0.436. The van der Waals surface area contributed by atoms with Crippen LogP contribution < -0.4 is 5.32 Å². The van der Waals surface area contributed by atoms with Gasteiger partial charge >= 0.3 is 0 Å². The van der Waals surface area contributed by atoms with E-state index in [2.05, 4.69) is 32.2 Å². The van der Waals surface area contributed by atoms with E-state index in [4.69, 9.17) is 0 Å². The summed E-state index contributed by atoms with van der Waals surface area (Å²) in [5.74, 6) is 0. The number of unbranched alkanes of at least 4 members (excludes halogenated alkanes) is 2. The summed E-state index contributed by atoms with van der Waals surface area (Å²) in [6.45, 7) is 9.02. The Kier molecular flexibility index (Phi) is 10.5. The van der Waals surface area contributed by atoms with Crippen LogP contribution in [-0.4, -0.2) is 13.1 Å². The van der Waals surface area contributed by atoms with E-state index in [1.54, 1.807) is 5.57 Å². The molecular formula is C13H27N. The van der Waals surface area contributed by atoms with Crippen molar-refractivity contribution in [3.63, 3.8) is 0 Å². The summed E-state index contributed by atoms with van der Waals surface area (Å²) < 4.78 is 0. The molecule has 0 saturated carbocycles. The van der Waals surface area contributed by atoms with E-state index in [9.17, 15) is 0 Å². The van der Waals surface area contributed by atoms with Crippen molar-refractivity contribution in [2.45, 2.75) is 59.3 Å². The summed E-state index contributed by atoms with van der Waals surface area (Å²) in [7, 11) is 0. The molecule has 0 aliphatic heterocycles. The van der Waals surface area contributed by atoms with Crippen molar-refractivity contribution in [2.75, 3.05) is 13.1 Å². The predicted molar refractivity (Wildman–Crippen MR) is 65.7 cm³/mol. The van der Waals surface area contributed by atoms with Crippen LogP contribution in [0.1, 0.15) is 59.3 Å². The average molecular weight is 197 g/mol. The highest BCUT2D eigenvalue weighted by molar-refractivity contribution is 4.97. The van der Waals surface area contributed by atoms with Gasteiger partial charge in [-0.3, -0.25) is 0 Å². The van der Waals surface area contributed by atoms with Crippen LogP contribution >= 0.6 is 0 Å². The van der Waals surface area contributed by atoms with E-state index < -0.39 is 0 Å². The first-order valence-corrected chi connectivity index (χ1v) is 6.17. The lowest BCUT2D eigenvalue weighted by Gasteiger charge is -2.02. The molecule has 0 spiro atoms. The SMILES string of the molecule is CCCCCC(C)=CCCNCCC. The summed E-state index contributed by atoms with van der Waals surface area (Å²) in [5, 5.41) is 3.41. The van der Waals surface area contributed by atoms with Gasteiger partial charge in [0.1, 0.15) is 0 Å². The molecule has 0 aliphatic rings. The molecule has 1 N–H and O–H groups in total. The third-order valence-corrected chi connectivity index (χ3v) is 2.42. The van der Waals surface area contributed by atoms with Gasteiger partial charge in [0.15, 0.2) is 0 Å². The van der Waals surface area contributed by atoms with E-state index in [0.717, 1.165) is 13.1 Å². The zero-order valence-electron chi connectivity index (χ0n) is 10.2. The average Bonchev–Trinajstić information content (AvgIpc) is 2.18. The molecule has 0 radical (unpaired) electrons. The molecule has 0 bridgehead atoms. The lowest BCUT2D eigenvalue weighted by Crippen LogP contribution is -2.15. The summed E-state index contributed by atoms with van der Waals surface area (Å²) in [4.78, 5) is 0. The molecule has 0 unspecified atom stereocenters. The molecular weight excluding hydrogens is 170 g/mol. The monoisotopic (exact) mass is 197 g/mol. The van der Waals surface area contributed by atoms with Crippen molar-refractivity contribution >= 4 is 0 Å². The van der Waals surface area contributed by atoms with Gasteiger partial charge in [-0.15, -0.1) is 0 Å². The van der Waals surface area contributed by atoms with Gasteiger partial charge < -0.3 is 5.32 Å². The summed E-state index contributed by atoms with van der Waals surface area (Å²) >= 11 is 0. The topological polar surface area (TPSA) is 12.0 Å². The van der Waals surface area contributed by atoms with Crippen LogP contribution in [0.4, 0.5) is 0 Å². The maximum atomic E-state index is 3.41. The standard InChI is InChI=1S/C13H27N/c1-4-6-7-9-13(3)10-8-12-14-11-5-2/h10,14H,4-9,11-12H2,1-3H3. The minimum Gasteiger partial charge on any atom is -0.316 e. The minimum absolute atomic E-state index is 1.14. The van der Waals surface area contributed by atoms with Gasteiger partial charge in [0.25, 0.3) is 0 Å². The maximum absolute atomic E-state index is 3.41. The summed E-state index contributed by atoms with van der Waals surface area (Å²) in [5.41, 5.74) is 1.57. The Hall–Kier alpha value is -0.300. The highest BCUT2D eigenvalue weighted by Crippen LogP contribution is 2.08. The number of rotatable bonds is 9. The van der Waals surface area contributed by atoms with Crippen LogP contribution in [0.5, 0.6) is 0 Å². The first-order valence-electron chi connectivity index (χ1n) is 6.17. The largest absolute Gasteiger partial charge is 0.316 e. The Morgan fingerprint density at radius 3 is 2.50 bits per heavy atom. The second-order valence-corrected chi connectivity index (χ2v) is 4.05. The van der Waals surface area contributed by atoms with Crippen molar-refractivity contribution in [1.29, 1.82) is 0 Å². The molecule has 0 atom stereocenters. The molecule has 0 aromatic carbocycles. The third-order valence-electron chi connectivity index (χ3n) is 2.42. The number of nitrogens with one attached hydrogen (secondary N) is 1. The summed E-state index contributed by atoms with van der Waals surface area (Å²) in [6.07, 6.45) is 10.2. The van der Waals surface area contributed by atoms with Crippen LogP contribution in [-0.2, 0) is 0 Å². The molecule has 0 aromatic rings. The molecule has 0 saturated heterocycles. The van der Waals surface area contributed by atoms with Crippen molar-refractivity contribution in [1.82, 2.24) is 5.32 Å². The fourth-order valence-electron chi connectivity index (χ4n) is 1.48. The molecule has 0 aromatic heterocycles. The molecule has 0 aliphatic carbocycles. The Labute approximate surface area is 90.0 Å². The number of hydrogen-bond acceptors (Lipinski definition) is 1. The van der Waals surface area contributed by atoms with Crippen molar-refractivity contribution in [3.8, 4) is 0 Å². The van der Waals surface area contributed by atoms with E-state index in [1.807, 2.05) is 0 Å². The van der Waals surface area contributed by atoms with Crippen molar-refractivity contribution < 1.29 is 0 Å². The van der Waals surface area contributed by atoms with Gasteiger partial charge in [0, 0.05) is 0 Å². The first-order chi connectivity index (χ1) is 6.81. The minimum atomic E-state index is 1.14. The predicted octanol–water partition coefficient (Wildman–Crippen LogP) is 3.90. The highest BCUT2D eigenvalue weighted by Gasteiger charge is 1.90. The molecule has 0 fully saturated rings. The highest BCUT2D eigenvalue weighted by atomic mass is 14.8. The molecule has 0 amide bonds. The van der Waals surface area contributed by atoms with Crippen LogP contribution in [0, 0.1) is 0 Å². The van der Waals surface area contributed by atoms with E-state index in [-0.39, 0.29) is 0 Å². The van der Waals surface area contributed by atoms with Crippen LogP contribution in [0.2, 0.25) is 0 Å². The smallest absolute Gasteiger partial charge is 0.00142 e. The molecule has 84 valence electrons. The maximum Gasteiger partial charge on any atom is -0.00142 e. The van der Waals surface area contributed by atoms with Gasteiger partial charge in [0.05, 0.1) is 0 Å². The number of allylic oxidation sites excluding steroid dienone is 1.